The molecule has 0 aliphatic carbocycles. The van der Waals surface area contributed by atoms with E-state index in [0.29, 0.717) is 6.42 Å². The molecule has 0 fully saturated rings. The lowest BCUT2D eigenvalue weighted by Gasteiger charge is -2.12. The van der Waals surface area contributed by atoms with Gasteiger partial charge in [-0.2, -0.15) is 0 Å². The summed E-state index contributed by atoms with van der Waals surface area (Å²) in [6.07, 6.45) is 6.21. The zero-order valence-electron chi connectivity index (χ0n) is 18.6. The summed E-state index contributed by atoms with van der Waals surface area (Å²) in [5, 5.41) is 2.91. The van der Waals surface area contributed by atoms with Gasteiger partial charge in [-0.3, -0.25) is 9.79 Å². The van der Waals surface area contributed by atoms with Gasteiger partial charge >= 0.3 is 0 Å². The first-order chi connectivity index (χ1) is 15.0. The van der Waals surface area contributed by atoms with Gasteiger partial charge in [0.25, 0.3) is 0 Å². The van der Waals surface area contributed by atoms with Crippen LogP contribution in [0.15, 0.2) is 81.2 Å². The van der Waals surface area contributed by atoms with Crippen LogP contribution < -0.4 is 10.1 Å². The van der Waals surface area contributed by atoms with Crippen molar-refractivity contribution in [1.29, 1.82) is 0 Å². The van der Waals surface area contributed by atoms with Gasteiger partial charge in [-0.15, -0.1) is 0 Å². The maximum atomic E-state index is 11.8. The van der Waals surface area contributed by atoms with E-state index >= 15 is 0 Å². The van der Waals surface area contributed by atoms with Gasteiger partial charge in [0.1, 0.15) is 5.75 Å². The second-order valence-corrected chi connectivity index (χ2v) is 8.84. The molecule has 1 amide bonds. The number of ether oxygens (including phenoxy) is 1. The van der Waals surface area contributed by atoms with Gasteiger partial charge in [0, 0.05) is 39.1 Å². The minimum absolute atomic E-state index is 0.0606. The van der Waals surface area contributed by atoms with Crippen LogP contribution in [0.3, 0.4) is 0 Å². The van der Waals surface area contributed by atoms with E-state index < -0.39 is 0 Å². The van der Waals surface area contributed by atoms with E-state index in [-0.39, 0.29) is 11.9 Å². The number of hydrogen-bond donors (Lipinski definition) is 1. The number of hydrogen-bond acceptors (Lipinski definition) is 4. The van der Waals surface area contributed by atoms with Crippen LogP contribution in [0.5, 0.6) is 5.75 Å². The van der Waals surface area contributed by atoms with Gasteiger partial charge in [0.05, 0.1) is 12.8 Å². The van der Waals surface area contributed by atoms with E-state index in [2.05, 4.69) is 48.6 Å². The number of allylic oxidation sites excluding steroid dienone is 3. The lowest BCUT2D eigenvalue weighted by Crippen LogP contribution is -2.29. The van der Waals surface area contributed by atoms with Gasteiger partial charge in [0.15, 0.2) is 0 Å². The molecular weight excluding hydrogens is 404 g/mol. The summed E-state index contributed by atoms with van der Waals surface area (Å²) in [4.78, 5) is 19.3. The van der Waals surface area contributed by atoms with E-state index in [1.165, 1.54) is 9.80 Å². The van der Waals surface area contributed by atoms with Crippen molar-refractivity contribution in [1.82, 2.24) is 5.32 Å². The number of carbonyl (C=O) groups excluding carboxylic acids is 1. The predicted octanol–water partition coefficient (Wildman–Crippen LogP) is 6.12. The largest absolute Gasteiger partial charge is 0.496 e. The number of carbonyl (C=O) groups is 1. The highest BCUT2D eigenvalue weighted by molar-refractivity contribution is 8.03. The Bertz CT molecular complexity index is 1020. The number of nitrogens with zero attached hydrogens (tertiary/aromatic N) is 1. The number of rotatable bonds is 8. The van der Waals surface area contributed by atoms with Crippen molar-refractivity contribution in [2.24, 2.45) is 4.99 Å². The molecule has 0 saturated carbocycles. The summed E-state index contributed by atoms with van der Waals surface area (Å²) in [6.45, 7) is 6.01. The van der Waals surface area contributed by atoms with Crippen molar-refractivity contribution < 1.29 is 9.53 Å². The molecule has 1 heterocycles. The molecule has 0 saturated heterocycles. The first-order valence-electron chi connectivity index (χ1n) is 10.6. The summed E-state index contributed by atoms with van der Waals surface area (Å²) >= 11 is 1.78. The Balaban J connectivity index is 1.82. The Morgan fingerprint density at radius 3 is 2.55 bits per heavy atom. The molecule has 3 rings (SSSR count). The highest BCUT2D eigenvalue weighted by Gasteiger charge is 2.20. The third kappa shape index (κ3) is 6.11. The molecule has 162 valence electrons. The minimum Gasteiger partial charge on any atom is -0.496 e. The fourth-order valence-corrected chi connectivity index (χ4v) is 4.53. The quantitative estimate of drug-likeness (QED) is 0.509. The molecule has 31 heavy (non-hydrogen) atoms. The maximum absolute atomic E-state index is 11.8. The molecule has 0 aromatic heterocycles. The molecule has 1 aliphatic heterocycles. The van der Waals surface area contributed by atoms with Crippen LogP contribution >= 0.6 is 11.8 Å². The fourth-order valence-electron chi connectivity index (χ4n) is 3.43. The summed E-state index contributed by atoms with van der Waals surface area (Å²) in [5.41, 5.74) is 4.07. The van der Waals surface area contributed by atoms with E-state index in [1.807, 2.05) is 38.1 Å². The summed E-state index contributed by atoms with van der Waals surface area (Å²) in [6, 6.07) is 16.6. The maximum Gasteiger partial charge on any atom is 0.223 e. The molecule has 0 unspecified atom stereocenters. The highest BCUT2D eigenvalue weighted by atomic mass is 32.2. The molecule has 5 heteroatoms. The molecule has 1 aliphatic rings. The van der Waals surface area contributed by atoms with E-state index in [1.54, 1.807) is 18.9 Å². The Morgan fingerprint density at radius 2 is 1.81 bits per heavy atom. The topological polar surface area (TPSA) is 50.7 Å². The van der Waals surface area contributed by atoms with Crippen LogP contribution in [-0.4, -0.2) is 24.8 Å². The van der Waals surface area contributed by atoms with Crippen molar-refractivity contribution in [2.75, 3.05) is 7.11 Å². The van der Waals surface area contributed by atoms with Crippen LogP contribution in [-0.2, 0) is 4.79 Å². The molecule has 2 aromatic rings. The second-order valence-electron chi connectivity index (χ2n) is 7.70. The number of amides is 1. The van der Waals surface area contributed by atoms with Crippen molar-refractivity contribution in [3.05, 3.63) is 82.4 Å². The number of nitrogens with one attached hydrogen (secondary N) is 1. The SMILES string of the molecule is COc1ccccc1C1=NC(C)=C(CC/C=C\CC(=O)NC(C)C)Sc2ccccc21. The number of methoxy groups -OCH3 is 1. The van der Waals surface area contributed by atoms with Crippen LogP contribution in [0.1, 0.15) is 51.2 Å². The summed E-state index contributed by atoms with van der Waals surface area (Å²) < 4.78 is 5.61. The van der Waals surface area contributed by atoms with Crippen molar-refractivity contribution in [3.8, 4) is 5.75 Å². The number of para-hydroxylation sites is 1. The Hall–Kier alpha value is -2.79. The van der Waals surface area contributed by atoms with Gasteiger partial charge in [-0.25, -0.2) is 0 Å². The Labute approximate surface area is 189 Å². The molecular formula is C26H30N2O2S. The first kappa shape index (κ1) is 22.9. The summed E-state index contributed by atoms with van der Waals surface area (Å²) in [7, 11) is 1.69. The van der Waals surface area contributed by atoms with Crippen LogP contribution in [0.25, 0.3) is 0 Å². The van der Waals surface area contributed by atoms with Crippen LogP contribution in [0.2, 0.25) is 0 Å². The Morgan fingerprint density at radius 1 is 1.10 bits per heavy atom. The predicted molar refractivity (Wildman–Crippen MR) is 130 cm³/mol. The zero-order chi connectivity index (χ0) is 22.2. The highest BCUT2D eigenvalue weighted by Crippen LogP contribution is 2.39. The number of aliphatic imine (C=N–C) groups is 1. The van der Waals surface area contributed by atoms with Crippen molar-refractivity contribution in [2.45, 2.75) is 51.0 Å². The molecule has 1 N–H and O–H groups in total. The third-order valence-electron chi connectivity index (χ3n) is 4.88. The van der Waals surface area contributed by atoms with E-state index in [4.69, 9.17) is 9.73 Å². The average Bonchev–Trinajstić information content (AvgIpc) is 2.89. The molecule has 4 nitrogen and oxygen atoms in total. The minimum atomic E-state index is 0.0606. The Kier molecular flexibility index (Phi) is 8.13. The van der Waals surface area contributed by atoms with Gasteiger partial charge < -0.3 is 10.1 Å². The smallest absolute Gasteiger partial charge is 0.223 e. The standard InChI is InChI=1S/C26H30N2O2S/c1-18(2)27-25(29)17-7-5-6-15-23-19(3)28-26(20-12-8-10-14-22(20)30-4)21-13-9-11-16-24(21)31-23/h5,7-14,16,18H,6,15,17H2,1-4H3,(H,27,29)/b7-5-. The van der Waals surface area contributed by atoms with Crippen LogP contribution in [0.4, 0.5) is 0 Å². The number of fused-ring (bicyclic) bond motifs is 1. The zero-order valence-corrected chi connectivity index (χ0v) is 19.5. The second kappa shape index (κ2) is 11.0. The van der Waals surface area contributed by atoms with E-state index in [0.717, 1.165) is 41.1 Å². The number of benzene rings is 2. The van der Waals surface area contributed by atoms with Gasteiger partial charge in [-0.1, -0.05) is 54.2 Å². The molecule has 0 atom stereocenters. The van der Waals surface area contributed by atoms with E-state index in [9.17, 15) is 4.79 Å². The lowest BCUT2D eigenvalue weighted by atomic mass is 10.0. The monoisotopic (exact) mass is 434 g/mol. The molecule has 0 bridgehead atoms. The molecule has 0 radical (unpaired) electrons. The van der Waals surface area contributed by atoms with Crippen molar-refractivity contribution in [3.63, 3.8) is 0 Å². The first-order valence-corrected chi connectivity index (χ1v) is 11.4. The fraction of sp³-hybridized carbons (Fsp3) is 0.308. The van der Waals surface area contributed by atoms with Gasteiger partial charge in [-0.05, 0) is 51.8 Å². The number of thioether (sulfide) groups is 1. The molecule has 0 spiro atoms. The summed E-state index contributed by atoms with van der Waals surface area (Å²) in [5.74, 6) is 0.880. The normalized spacial score (nSPS) is 13.8. The van der Waals surface area contributed by atoms with Crippen LogP contribution in [0, 0.1) is 0 Å². The molecule has 2 aromatic carbocycles. The van der Waals surface area contributed by atoms with Crippen molar-refractivity contribution >= 4 is 23.4 Å². The third-order valence-corrected chi connectivity index (χ3v) is 6.20. The van der Waals surface area contributed by atoms with Gasteiger partial charge in [0.2, 0.25) is 5.91 Å². The lowest BCUT2D eigenvalue weighted by molar-refractivity contribution is -0.120. The average molecular weight is 435 g/mol.